The van der Waals surface area contributed by atoms with Gasteiger partial charge in [-0.2, -0.15) is 15.3 Å². The maximum Gasteiger partial charge on any atom is 0.240 e. The van der Waals surface area contributed by atoms with E-state index in [1.165, 1.54) is 0 Å². The van der Waals surface area contributed by atoms with Gasteiger partial charge in [-0.1, -0.05) is 6.07 Å². The fraction of sp³-hybridized carbons (Fsp3) is 0.217. The lowest BCUT2D eigenvalue weighted by atomic mass is 10.0. The summed E-state index contributed by atoms with van der Waals surface area (Å²) < 4.78 is 6.96. The summed E-state index contributed by atoms with van der Waals surface area (Å²) in [6.07, 6.45) is 4.18. The maximum absolute atomic E-state index is 11.4. The van der Waals surface area contributed by atoms with Crippen LogP contribution in [-0.2, 0) is 11.3 Å². The quantitative estimate of drug-likeness (QED) is 0.474. The van der Waals surface area contributed by atoms with Gasteiger partial charge >= 0.3 is 0 Å². The summed E-state index contributed by atoms with van der Waals surface area (Å²) in [6, 6.07) is 13.3. The Morgan fingerprint density at radius 1 is 1.16 bits per heavy atom. The second kappa shape index (κ2) is 8.83. The normalized spacial score (nSPS) is 14.4. The molecule has 0 radical (unpaired) electrons. The van der Waals surface area contributed by atoms with Crippen LogP contribution in [0.25, 0.3) is 10.9 Å². The molecule has 1 aliphatic rings. The molecule has 8 nitrogen and oxygen atoms in total. The number of aryl methyl sites for hydroxylation is 1. The summed E-state index contributed by atoms with van der Waals surface area (Å²) >= 11 is 0. The van der Waals surface area contributed by atoms with Crippen LogP contribution < -0.4 is 10.2 Å². The molecule has 0 spiro atoms. The molecule has 4 rings (SSSR count). The average Bonchev–Trinajstić information content (AvgIpc) is 3.07. The van der Waals surface area contributed by atoms with Gasteiger partial charge in [0.15, 0.2) is 0 Å². The van der Waals surface area contributed by atoms with Crippen LogP contribution >= 0.6 is 0 Å². The van der Waals surface area contributed by atoms with Crippen molar-refractivity contribution in [2.24, 2.45) is 15.3 Å². The minimum Gasteiger partial charge on any atom is -0.497 e. The van der Waals surface area contributed by atoms with Gasteiger partial charge in [0.25, 0.3) is 0 Å². The minimum atomic E-state index is -0.0813. The molecule has 0 unspecified atom stereocenters. The number of hydrogen-bond acceptors (Lipinski definition) is 6. The highest BCUT2D eigenvalue weighted by Gasteiger charge is 2.18. The van der Waals surface area contributed by atoms with Crippen molar-refractivity contribution in [3.8, 4) is 11.6 Å². The van der Waals surface area contributed by atoms with E-state index in [0.29, 0.717) is 24.9 Å². The monoisotopic (exact) mass is 417 g/mol. The van der Waals surface area contributed by atoms with Crippen molar-refractivity contribution in [1.29, 1.82) is 0 Å². The van der Waals surface area contributed by atoms with E-state index in [0.717, 1.165) is 33.5 Å². The van der Waals surface area contributed by atoms with Gasteiger partial charge < -0.3 is 14.4 Å². The third-order valence-electron chi connectivity index (χ3n) is 5.20. The molecule has 2 aromatic carbocycles. The summed E-state index contributed by atoms with van der Waals surface area (Å²) in [6.45, 7) is 2.58. The number of hydrogen-bond donors (Lipinski definition) is 2. The van der Waals surface area contributed by atoms with Crippen molar-refractivity contribution in [2.45, 2.75) is 26.3 Å². The lowest BCUT2D eigenvalue weighted by molar-refractivity contribution is -0.121. The molecule has 158 valence electrons. The van der Waals surface area contributed by atoms with E-state index in [1.54, 1.807) is 19.5 Å². The van der Waals surface area contributed by atoms with Crippen molar-refractivity contribution >= 4 is 35.0 Å². The van der Waals surface area contributed by atoms with Gasteiger partial charge in [-0.25, -0.2) is 5.43 Å². The Balaban J connectivity index is 1.66. The molecular weight excluding hydrogens is 394 g/mol. The molecule has 1 aliphatic heterocycles. The molecular formula is C23H23N5O3. The number of aromatic hydroxyl groups is 1. The number of fused-ring (bicyclic) bond motifs is 1. The molecule has 0 saturated heterocycles. The highest BCUT2D eigenvalue weighted by molar-refractivity contribution is 6.09. The number of nitrogens with one attached hydrogen (secondary N) is 1. The average molecular weight is 417 g/mol. The van der Waals surface area contributed by atoms with Gasteiger partial charge in [0.2, 0.25) is 11.8 Å². The number of amides is 1. The zero-order chi connectivity index (χ0) is 21.8. The number of carbonyl (C=O) groups excluding carboxylic acids is 1. The Morgan fingerprint density at radius 2 is 1.94 bits per heavy atom. The molecule has 0 saturated carbocycles. The van der Waals surface area contributed by atoms with Crippen molar-refractivity contribution in [2.75, 3.05) is 7.11 Å². The second-order valence-corrected chi connectivity index (χ2v) is 7.07. The SMILES string of the molecule is CCn1c(O)c(C=N/N=C\c2ccc(OC)cc2)c2cc(C3=NNC(=O)CC3)ccc21. The molecule has 8 heteroatoms. The Kier molecular flexibility index (Phi) is 5.79. The van der Waals surface area contributed by atoms with Gasteiger partial charge in [-0.05, 0) is 54.4 Å². The summed E-state index contributed by atoms with van der Waals surface area (Å²) in [7, 11) is 1.62. The lowest BCUT2D eigenvalue weighted by Gasteiger charge is -2.12. The van der Waals surface area contributed by atoms with Gasteiger partial charge in [0, 0.05) is 24.8 Å². The number of rotatable bonds is 6. The molecule has 0 atom stereocenters. The summed E-state index contributed by atoms with van der Waals surface area (Å²) in [5.41, 5.74) is 6.61. The predicted molar refractivity (Wildman–Crippen MR) is 121 cm³/mol. The van der Waals surface area contributed by atoms with E-state index in [9.17, 15) is 9.90 Å². The molecule has 3 aromatic rings. The Hall–Kier alpha value is -3.94. The molecule has 31 heavy (non-hydrogen) atoms. The van der Waals surface area contributed by atoms with Gasteiger partial charge in [0.1, 0.15) is 5.75 Å². The van der Waals surface area contributed by atoms with E-state index in [2.05, 4.69) is 20.7 Å². The maximum atomic E-state index is 11.4. The topological polar surface area (TPSA) is 101 Å². The number of carbonyl (C=O) groups is 1. The van der Waals surface area contributed by atoms with Crippen LogP contribution in [0.15, 0.2) is 57.8 Å². The van der Waals surface area contributed by atoms with Crippen LogP contribution in [0.4, 0.5) is 0 Å². The number of benzene rings is 2. The molecule has 2 N–H and O–H groups in total. The van der Waals surface area contributed by atoms with E-state index >= 15 is 0 Å². The fourth-order valence-corrected chi connectivity index (χ4v) is 3.56. The first-order valence-corrected chi connectivity index (χ1v) is 10.0. The summed E-state index contributed by atoms with van der Waals surface area (Å²) in [5.74, 6) is 0.829. The third-order valence-corrected chi connectivity index (χ3v) is 5.20. The first-order valence-electron chi connectivity index (χ1n) is 10.0. The van der Waals surface area contributed by atoms with Crippen LogP contribution in [0.3, 0.4) is 0 Å². The van der Waals surface area contributed by atoms with Crippen molar-refractivity contribution in [3.63, 3.8) is 0 Å². The van der Waals surface area contributed by atoms with E-state index in [4.69, 9.17) is 4.74 Å². The van der Waals surface area contributed by atoms with Crippen LogP contribution in [-0.4, -0.2) is 40.8 Å². The standard InChI is InChI=1S/C23H23N5O3/c1-3-28-21-10-6-16(20-9-11-22(29)27-26-20)12-18(21)19(23(28)30)14-25-24-13-15-4-7-17(31-2)8-5-15/h4-8,10,12-14,30H,3,9,11H2,1-2H3,(H,27,29)/b24-13-,25-14?. The lowest BCUT2D eigenvalue weighted by Crippen LogP contribution is -2.25. The van der Waals surface area contributed by atoms with Crippen molar-refractivity contribution in [1.82, 2.24) is 9.99 Å². The predicted octanol–water partition coefficient (Wildman–Crippen LogP) is 3.44. The number of methoxy groups -OCH3 is 1. The molecule has 1 aromatic heterocycles. The van der Waals surface area contributed by atoms with Crippen molar-refractivity contribution in [3.05, 3.63) is 59.2 Å². The molecule has 0 fully saturated rings. The van der Waals surface area contributed by atoms with Crippen LogP contribution in [0.5, 0.6) is 11.6 Å². The summed E-state index contributed by atoms with van der Waals surface area (Å²) in [4.78, 5) is 11.4. The minimum absolute atomic E-state index is 0.0813. The van der Waals surface area contributed by atoms with Gasteiger partial charge in [-0.15, -0.1) is 0 Å². The highest BCUT2D eigenvalue weighted by atomic mass is 16.5. The number of nitrogens with zero attached hydrogens (tertiary/aromatic N) is 4. The van der Waals surface area contributed by atoms with E-state index in [-0.39, 0.29) is 11.8 Å². The van der Waals surface area contributed by atoms with Crippen LogP contribution in [0, 0.1) is 0 Å². The first kappa shape index (κ1) is 20.3. The molecule has 2 heterocycles. The largest absolute Gasteiger partial charge is 0.497 e. The van der Waals surface area contributed by atoms with E-state index < -0.39 is 0 Å². The third kappa shape index (κ3) is 4.18. The van der Waals surface area contributed by atoms with Gasteiger partial charge in [0.05, 0.1) is 36.3 Å². The number of ether oxygens (including phenoxy) is 1. The Morgan fingerprint density at radius 3 is 2.61 bits per heavy atom. The van der Waals surface area contributed by atoms with Crippen LogP contribution in [0.1, 0.15) is 36.5 Å². The first-order chi connectivity index (χ1) is 15.1. The second-order valence-electron chi connectivity index (χ2n) is 7.07. The molecule has 0 bridgehead atoms. The number of hydrazone groups is 1. The molecule has 1 amide bonds. The smallest absolute Gasteiger partial charge is 0.240 e. The van der Waals surface area contributed by atoms with E-state index in [1.807, 2.05) is 54.0 Å². The summed E-state index contributed by atoms with van der Waals surface area (Å²) in [5, 5.41) is 24.0. The Bertz CT molecular complexity index is 1210. The Labute approximate surface area is 179 Å². The molecule has 0 aliphatic carbocycles. The number of aromatic nitrogens is 1. The fourth-order valence-electron chi connectivity index (χ4n) is 3.56. The van der Waals surface area contributed by atoms with Gasteiger partial charge in [-0.3, -0.25) is 4.79 Å². The van der Waals surface area contributed by atoms with Crippen LogP contribution in [0.2, 0.25) is 0 Å². The zero-order valence-electron chi connectivity index (χ0n) is 17.4. The van der Waals surface area contributed by atoms with Crippen molar-refractivity contribution < 1.29 is 14.6 Å². The zero-order valence-corrected chi connectivity index (χ0v) is 17.4. The highest BCUT2D eigenvalue weighted by Crippen LogP contribution is 2.31.